The topological polar surface area (TPSA) is 49.6 Å². The Morgan fingerprint density at radius 2 is 1.71 bits per heavy atom. The number of hydrogen-bond donors (Lipinski definition) is 0. The lowest BCUT2D eigenvalue weighted by molar-refractivity contribution is -0.137. The highest BCUT2D eigenvalue weighted by Crippen LogP contribution is 2.30. The van der Waals surface area contributed by atoms with E-state index in [1.807, 2.05) is 17.0 Å². The number of nitrogens with zero attached hydrogens (tertiary/aromatic N) is 3. The van der Waals surface area contributed by atoms with Crippen LogP contribution >= 0.6 is 11.6 Å². The maximum atomic E-state index is 13.2. The van der Waals surface area contributed by atoms with Gasteiger partial charge in [0, 0.05) is 31.2 Å². The van der Waals surface area contributed by atoms with Crippen molar-refractivity contribution in [2.24, 2.45) is 0 Å². The van der Waals surface area contributed by atoms with Crippen molar-refractivity contribution in [2.75, 3.05) is 13.1 Å². The number of halogens is 4. The Balaban J connectivity index is 1.52. The van der Waals surface area contributed by atoms with Gasteiger partial charge in [0.2, 0.25) is 5.89 Å². The van der Waals surface area contributed by atoms with Gasteiger partial charge in [-0.15, -0.1) is 0 Å². The van der Waals surface area contributed by atoms with Crippen LogP contribution in [0, 0.1) is 0 Å². The Labute approximate surface area is 201 Å². The Morgan fingerprint density at radius 1 is 1.00 bits per heavy atom. The molecule has 0 bridgehead atoms. The first-order valence-electron chi connectivity index (χ1n) is 11.1. The predicted octanol–water partition coefficient (Wildman–Crippen LogP) is 6.18. The zero-order valence-corrected chi connectivity index (χ0v) is 19.3. The zero-order valence-electron chi connectivity index (χ0n) is 18.5. The van der Waals surface area contributed by atoms with Gasteiger partial charge in [0.1, 0.15) is 6.26 Å². The van der Waals surface area contributed by atoms with E-state index in [2.05, 4.69) is 4.98 Å². The van der Waals surface area contributed by atoms with Gasteiger partial charge in [0.05, 0.1) is 12.1 Å². The second-order valence-electron chi connectivity index (χ2n) is 8.45. The van der Waals surface area contributed by atoms with Crippen LogP contribution in [-0.2, 0) is 25.8 Å². The van der Waals surface area contributed by atoms with Crippen LogP contribution in [0.1, 0.15) is 52.3 Å². The number of carbonyl (C=O) groups excluding carboxylic acids is 1. The van der Waals surface area contributed by atoms with Crippen LogP contribution in [-0.4, -0.2) is 33.8 Å². The number of piperidine rings is 1. The van der Waals surface area contributed by atoms with Crippen molar-refractivity contribution in [3.8, 4) is 0 Å². The number of oxazole rings is 1. The quantitative estimate of drug-likeness (QED) is 0.396. The standard InChI is InChI=1S/C25H25ClF3N3O2/c26-21-9-7-18(8-10-21)14-31(15-19-5-4-6-20(13-19)25(27,28)29)16-23-30-22(17-34-23)24(33)32-11-2-1-3-12-32/h4-10,13,17H,1-3,11-12,14-16H2. The van der Waals surface area contributed by atoms with E-state index in [1.165, 1.54) is 12.3 Å². The minimum Gasteiger partial charge on any atom is -0.447 e. The molecule has 1 aliphatic heterocycles. The monoisotopic (exact) mass is 491 g/mol. The normalized spacial score (nSPS) is 14.6. The fraction of sp³-hybridized carbons (Fsp3) is 0.360. The highest BCUT2D eigenvalue weighted by atomic mass is 35.5. The molecule has 1 aliphatic rings. The van der Waals surface area contributed by atoms with E-state index in [4.69, 9.17) is 16.0 Å². The summed E-state index contributed by atoms with van der Waals surface area (Å²) in [6.45, 7) is 2.32. The largest absolute Gasteiger partial charge is 0.447 e. The van der Waals surface area contributed by atoms with Gasteiger partial charge in [-0.25, -0.2) is 4.98 Å². The number of benzene rings is 2. The van der Waals surface area contributed by atoms with E-state index in [9.17, 15) is 18.0 Å². The van der Waals surface area contributed by atoms with Crippen LogP contribution in [0.4, 0.5) is 13.2 Å². The lowest BCUT2D eigenvalue weighted by Gasteiger charge is -2.25. The summed E-state index contributed by atoms with van der Waals surface area (Å²) in [5.41, 5.74) is 1.01. The third-order valence-electron chi connectivity index (χ3n) is 5.75. The predicted molar refractivity (Wildman–Crippen MR) is 122 cm³/mol. The first-order valence-corrected chi connectivity index (χ1v) is 11.5. The summed E-state index contributed by atoms with van der Waals surface area (Å²) in [4.78, 5) is 20.8. The van der Waals surface area contributed by atoms with E-state index in [0.29, 0.717) is 36.1 Å². The van der Waals surface area contributed by atoms with Crippen molar-refractivity contribution in [2.45, 2.75) is 45.1 Å². The number of rotatable bonds is 7. The SMILES string of the molecule is O=C(c1coc(CN(Cc2ccc(Cl)cc2)Cc2cccc(C(F)(F)F)c2)n1)N1CCCCC1. The highest BCUT2D eigenvalue weighted by molar-refractivity contribution is 6.30. The van der Waals surface area contributed by atoms with Gasteiger partial charge in [-0.1, -0.05) is 41.9 Å². The summed E-state index contributed by atoms with van der Waals surface area (Å²) < 4.78 is 45.1. The number of aromatic nitrogens is 1. The summed E-state index contributed by atoms with van der Waals surface area (Å²) in [6.07, 6.45) is 0.00791. The Bertz CT molecular complexity index is 1110. The second-order valence-corrected chi connectivity index (χ2v) is 8.89. The molecule has 0 atom stereocenters. The van der Waals surface area contributed by atoms with Crippen molar-refractivity contribution in [3.05, 3.63) is 88.1 Å². The van der Waals surface area contributed by atoms with Crippen LogP contribution in [0.25, 0.3) is 0 Å². The number of alkyl halides is 3. The molecule has 3 aromatic rings. The Morgan fingerprint density at radius 3 is 2.41 bits per heavy atom. The minimum atomic E-state index is -4.41. The molecule has 0 saturated carbocycles. The van der Waals surface area contributed by atoms with Gasteiger partial charge in [-0.2, -0.15) is 13.2 Å². The number of hydrogen-bond acceptors (Lipinski definition) is 4. The molecule has 34 heavy (non-hydrogen) atoms. The van der Waals surface area contributed by atoms with E-state index in [0.717, 1.165) is 37.0 Å². The molecule has 0 spiro atoms. The van der Waals surface area contributed by atoms with Crippen molar-refractivity contribution in [3.63, 3.8) is 0 Å². The van der Waals surface area contributed by atoms with Gasteiger partial charge in [-0.3, -0.25) is 9.69 Å². The van der Waals surface area contributed by atoms with Gasteiger partial charge >= 0.3 is 6.18 Å². The molecule has 4 rings (SSSR count). The Kier molecular flexibility index (Phi) is 7.58. The van der Waals surface area contributed by atoms with E-state index >= 15 is 0 Å². The molecule has 5 nitrogen and oxygen atoms in total. The average Bonchev–Trinajstić information content (AvgIpc) is 3.28. The molecule has 0 unspecified atom stereocenters. The molecule has 2 aromatic carbocycles. The fourth-order valence-corrected chi connectivity index (χ4v) is 4.18. The molecular formula is C25H25ClF3N3O2. The van der Waals surface area contributed by atoms with Crippen molar-refractivity contribution in [1.29, 1.82) is 0 Å². The molecule has 1 fully saturated rings. The molecule has 0 aliphatic carbocycles. The first-order chi connectivity index (χ1) is 16.3. The maximum absolute atomic E-state index is 13.2. The van der Waals surface area contributed by atoms with Crippen molar-refractivity contribution < 1.29 is 22.4 Å². The summed E-state index contributed by atoms with van der Waals surface area (Å²) in [7, 11) is 0. The van der Waals surface area contributed by atoms with Gasteiger partial charge in [0.15, 0.2) is 5.69 Å². The first kappa shape index (κ1) is 24.3. The summed E-state index contributed by atoms with van der Waals surface area (Å²) >= 11 is 5.98. The molecule has 1 amide bonds. The van der Waals surface area contributed by atoms with E-state index in [-0.39, 0.29) is 24.7 Å². The Hall–Kier alpha value is -2.84. The maximum Gasteiger partial charge on any atom is 0.416 e. The molecule has 1 saturated heterocycles. The summed E-state index contributed by atoms with van der Waals surface area (Å²) in [6, 6.07) is 12.5. The minimum absolute atomic E-state index is 0.156. The van der Waals surface area contributed by atoms with Gasteiger partial charge in [0.25, 0.3) is 5.91 Å². The smallest absolute Gasteiger partial charge is 0.416 e. The van der Waals surface area contributed by atoms with Crippen molar-refractivity contribution in [1.82, 2.24) is 14.8 Å². The third kappa shape index (κ3) is 6.39. The lowest BCUT2D eigenvalue weighted by atomic mass is 10.1. The average molecular weight is 492 g/mol. The third-order valence-corrected chi connectivity index (χ3v) is 6.00. The molecule has 9 heteroatoms. The van der Waals surface area contributed by atoms with Crippen LogP contribution in [0.2, 0.25) is 5.02 Å². The van der Waals surface area contributed by atoms with Crippen LogP contribution in [0.5, 0.6) is 0 Å². The molecule has 0 radical (unpaired) electrons. The molecular weight excluding hydrogens is 467 g/mol. The number of likely N-dealkylation sites (tertiary alicyclic amines) is 1. The lowest BCUT2D eigenvalue weighted by Crippen LogP contribution is -2.35. The molecule has 2 heterocycles. The fourth-order valence-electron chi connectivity index (χ4n) is 4.05. The van der Waals surface area contributed by atoms with E-state index in [1.54, 1.807) is 23.1 Å². The molecule has 0 N–H and O–H groups in total. The number of amides is 1. The van der Waals surface area contributed by atoms with Gasteiger partial charge in [-0.05, 0) is 48.6 Å². The summed E-state index contributed by atoms with van der Waals surface area (Å²) in [5.74, 6) is 0.179. The number of carbonyl (C=O) groups is 1. The van der Waals surface area contributed by atoms with Gasteiger partial charge < -0.3 is 9.32 Å². The van der Waals surface area contributed by atoms with Crippen LogP contribution in [0.3, 0.4) is 0 Å². The van der Waals surface area contributed by atoms with Crippen LogP contribution in [0.15, 0.2) is 59.2 Å². The summed E-state index contributed by atoms with van der Waals surface area (Å²) in [5, 5.41) is 0.599. The van der Waals surface area contributed by atoms with Crippen LogP contribution < -0.4 is 0 Å². The highest BCUT2D eigenvalue weighted by Gasteiger charge is 2.30. The molecule has 1 aromatic heterocycles. The van der Waals surface area contributed by atoms with Crippen molar-refractivity contribution >= 4 is 17.5 Å². The van der Waals surface area contributed by atoms with E-state index < -0.39 is 11.7 Å². The zero-order chi connectivity index (χ0) is 24.1. The molecule has 180 valence electrons. The second kappa shape index (κ2) is 10.6.